The molecule has 0 unspecified atom stereocenters. The van der Waals surface area contributed by atoms with Crippen LogP contribution in [0.3, 0.4) is 0 Å². The van der Waals surface area contributed by atoms with Crippen LogP contribution >= 0.6 is 0 Å². The molecule has 5 nitrogen and oxygen atoms in total. The van der Waals surface area contributed by atoms with Gasteiger partial charge in [-0.05, 0) is 12.1 Å². The number of nitrogens with zero attached hydrogens (tertiary/aromatic N) is 1. The zero-order valence-electron chi connectivity index (χ0n) is 6.48. The Kier molecular flexibility index (Phi) is 2.30. The van der Waals surface area contributed by atoms with Crippen LogP contribution in [0.25, 0.3) is 0 Å². The molecule has 1 rings (SSSR count). The maximum Gasteiger partial charge on any atom is 0.255 e. The Morgan fingerprint density at radius 3 is 2.50 bits per heavy atom. The van der Waals surface area contributed by atoms with E-state index in [4.69, 9.17) is 5.14 Å². The highest BCUT2D eigenvalue weighted by molar-refractivity contribution is 7.89. The number of rotatable bonds is 2. The van der Waals surface area contributed by atoms with Crippen molar-refractivity contribution in [3.63, 3.8) is 0 Å². The molecule has 0 aliphatic heterocycles. The first-order valence-electron chi connectivity index (χ1n) is 3.20. The lowest BCUT2D eigenvalue weighted by atomic mass is 10.4. The fraction of sp³-hybridized carbons (Fsp3) is 0.167. The van der Waals surface area contributed by atoms with Crippen LogP contribution in [0.2, 0.25) is 0 Å². The number of sulfonamides is 1. The molecule has 0 fully saturated rings. The van der Waals surface area contributed by atoms with E-state index in [1.165, 1.54) is 12.3 Å². The molecule has 12 heavy (non-hydrogen) atoms. The molecule has 0 amide bonds. The highest BCUT2D eigenvalue weighted by Crippen LogP contribution is 2.07. The molecule has 0 aliphatic rings. The number of nitrogens with two attached hydrogens (primary N) is 1. The van der Waals surface area contributed by atoms with E-state index < -0.39 is 10.0 Å². The monoisotopic (exact) mass is 187 g/mol. The molecule has 0 aromatic carbocycles. The minimum atomic E-state index is -3.67. The van der Waals surface area contributed by atoms with Crippen molar-refractivity contribution < 1.29 is 8.42 Å². The molecule has 0 radical (unpaired) electrons. The summed E-state index contributed by atoms with van der Waals surface area (Å²) in [5.74, 6) is 0. The number of aromatic nitrogens is 1. The predicted molar refractivity (Wildman–Crippen MR) is 45.2 cm³/mol. The minimum absolute atomic E-state index is 0.124. The largest absolute Gasteiger partial charge is 0.387 e. The van der Waals surface area contributed by atoms with Crippen molar-refractivity contribution in [2.75, 3.05) is 12.4 Å². The molecule has 6 heteroatoms. The van der Waals surface area contributed by atoms with Crippen molar-refractivity contribution in [3.05, 3.63) is 18.3 Å². The van der Waals surface area contributed by atoms with Gasteiger partial charge >= 0.3 is 0 Å². The summed E-state index contributed by atoms with van der Waals surface area (Å²) in [6.45, 7) is 0. The molecule has 0 aliphatic carbocycles. The molecule has 3 N–H and O–H groups in total. The summed E-state index contributed by atoms with van der Waals surface area (Å²) in [5, 5.41) is 7.52. The summed E-state index contributed by atoms with van der Waals surface area (Å²) in [6, 6.07) is 2.94. The van der Waals surface area contributed by atoms with E-state index in [-0.39, 0.29) is 5.03 Å². The first-order valence-corrected chi connectivity index (χ1v) is 4.75. The van der Waals surface area contributed by atoms with Crippen molar-refractivity contribution in [2.45, 2.75) is 5.03 Å². The van der Waals surface area contributed by atoms with Gasteiger partial charge in [-0.2, -0.15) is 0 Å². The van der Waals surface area contributed by atoms with Gasteiger partial charge in [0.25, 0.3) is 10.0 Å². The van der Waals surface area contributed by atoms with Crippen LogP contribution in [-0.2, 0) is 10.0 Å². The van der Waals surface area contributed by atoms with Gasteiger partial charge in [0.15, 0.2) is 5.03 Å². The van der Waals surface area contributed by atoms with Gasteiger partial charge in [-0.3, -0.25) is 0 Å². The average Bonchev–Trinajstić information content (AvgIpc) is 2.03. The Bertz CT molecular complexity index is 357. The van der Waals surface area contributed by atoms with Crippen LogP contribution < -0.4 is 10.5 Å². The fourth-order valence-corrected chi connectivity index (χ4v) is 1.15. The Morgan fingerprint density at radius 1 is 1.50 bits per heavy atom. The molecule has 1 aromatic heterocycles. The number of hydrogen-bond donors (Lipinski definition) is 2. The standard InChI is InChI=1S/C6H9N3O2S/c1-8-5-2-3-6(9-4-5)12(7,10)11/h2-4,8H,1H3,(H2,7,10,11). The van der Waals surface area contributed by atoms with E-state index in [1.54, 1.807) is 13.1 Å². The maximum absolute atomic E-state index is 10.7. The van der Waals surface area contributed by atoms with E-state index in [1.807, 2.05) is 0 Å². The van der Waals surface area contributed by atoms with Crippen LogP contribution in [0, 0.1) is 0 Å². The van der Waals surface area contributed by atoms with Crippen molar-refractivity contribution in [2.24, 2.45) is 5.14 Å². The van der Waals surface area contributed by atoms with Crippen LogP contribution in [0.5, 0.6) is 0 Å². The van der Waals surface area contributed by atoms with Crippen LogP contribution in [-0.4, -0.2) is 20.4 Å². The molecule has 0 saturated carbocycles. The van der Waals surface area contributed by atoms with Crippen molar-refractivity contribution in [3.8, 4) is 0 Å². The summed E-state index contributed by atoms with van der Waals surface area (Å²) in [7, 11) is -1.95. The third kappa shape index (κ3) is 1.93. The number of anilines is 1. The molecule has 0 atom stereocenters. The molecule has 0 saturated heterocycles. The topological polar surface area (TPSA) is 85.1 Å². The number of nitrogens with one attached hydrogen (secondary N) is 1. The van der Waals surface area contributed by atoms with Gasteiger partial charge in [0, 0.05) is 7.05 Å². The lowest BCUT2D eigenvalue weighted by Crippen LogP contribution is -2.13. The second-order valence-corrected chi connectivity index (χ2v) is 3.69. The molecule has 1 aromatic rings. The Labute approximate surface area is 70.7 Å². The fourth-order valence-electron chi connectivity index (χ4n) is 0.696. The van der Waals surface area contributed by atoms with E-state index in [0.29, 0.717) is 0 Å². The van der Waals surface area contributed by atoms with Gasteiger partial charge in [-0.25, -0.2) is 18.5 Å². The van der Waals surface area contributed by atoms with E-state index in [9.17, 15) is 8.42 Å². The molecular formula is C6H9N3O2S. The van der Waals surface area contributed by atoms with E-state index in [0.717, 1.165) is 5.69 Å². The Balaban J connectivity index is 3.09. The Morgan fingerprint density at radius 2 is 2.17 bits per heavy atom. The third-order valence-electron chi connectivity index (χ3n) is 1.32. The number of primary sulfonamides is 1. The minimum Gasteiger partial charge on any atom is -0.387 e. The summed E-state index contributed by atoms with van der Waals surface area (Å²) < 4.78 is 21.5. The zero-order chi connectivity index (χ0) is 9.19. The van der Waals surface area contributed by atoms with E-state index in [2.05, 4.69) is 10.3 Å². The average molecular weight is 187 g/mol. The first-order chi connectivity index (χ1) is 5.54. The van der Waals surface area contributed by atoms with Gasteiger partial charge in [-0.15, -0.1) is 0 Å². The summed E-state index contributed by atoms with van der Waals surface area (Å²) in [5.41, 5.74) is 0.738. The summed E-state index contributed by atoms with van der Waals surface area (Å²) in [6.07, 6.45) is 1.40. The van der Waals surface area contributed by atoms with Crippen molar-refractivity contribution in [1.82, 2.24) is 4.98 Å². The SMILES string of the molecule is CNc1ccc(S(N)(=O)=O)nc1. The van der Waals surface area contributed by atoms with Crippen LogP contribution in [0.1, 0.15) is 0 Å². The van der Waals surface area contributed by atoms with Crippen LogP contribution in [0.4, 0.5) is 5.69 Å². The molecular weight excluding hydrogens is 178 g/mol. The van der Waals surface area contributed by atoms with E-state index >= 15 is 0 Å². The lowest BCUT2D eigenvalue weighted by molar-refractivity contribution is 0.594. The highest BCUT2D eigenvalue weighted by Gasteiger charge is 2.07. The molecule has 0 bridgehead atoms. The van der Waals surface area contributed by atoms with Gasteiger partial charge in [0.1, 0.15) is 0 Å². The molecule has 0 spiro atoms. The second-order valence-electron chi connectivity index (χ2n) is 2.18. The van der Waals surface area contributed by atoms with Gasteiger partial charge in [0.2, 0.25) is 0 Å². The van der Waals surface area contributed by atoms with Gasteiger partial charge < -0.3 is 5.32 Å². The normalized spacial score (nSPS) is 11.2. The second kappa shape index (κ2) is 3.08. The number of hydrogen-bond acceptors (Lipinski definition) is 4. The first kappa shape index (κ1) is 8.95. The predicted octanol–water partition coefficient (Wildman–Crippen LogP) is -0.229. The van der Waals surface area contributed by atoms with Crippen molar-refractivity contribution >= 4 is 15.7 Å². The number of pyridine rings is 1. The van der Waals surface area contributed by atoms with Gasteiger partial charge in [-0.1, -0.05) is 0 Å². The maximum atomic E-state index is 10.7. The lowest BCUT2D eigenvalue weighted by Gasteiger charge is -1.99. The van der Waals surface area contributed by atoms with Crippen LogP contribution in [0.15, 0.2) is 23.4 Å². The summed E-state index contributed by atoms with van der Waals surface area (Å²) in [4.78, 5) is 3.65. The summed E-state index contributed by atoms with van der Waals surface area (Å²) >= 11 is 0. The third-order valence-corrected chi connectivity index (χ3v) is 2.14. The van der Waals surface area contributed by atoms with Crippen molar-refractivity contribution in [1.29, 1.82) is 0 Å². The highest BCUT2D eigenvalue weighted by atomic mass is 32.2. The Hall–Kier alpha value is -1.14. The van der Waals surface area contributed by atoms with Gasteiger partial charge in [0.05, 0.1) is 11.9 Å². The zero-order valence-corrected chi connectivity index (χ0v) is 7.30. The quantitative estimate of drug-likeness (QED) is 0.669. The molecule has 66 valence electrons. The smallest absolute Gasteiger partial charge is 0.255 e. The molecule has 1 heterocycles.